The number of hydrogen-bond donors (Lipinski definition) is 3. The SMILES string of the molecule is CCOc1ccc2cc(C(N)=O)/c(=N\NC(=S)Nc3ccccc3)oc2c1. The van der Waals surface area contributed by atoms with Crippen LogP contribution in [0.15, 0.2) is 64.1 Å². The van der Waals surface area contributed by atoms with Gasteiger partial charge in [0.1, 0.15) is 16.9 Å². The molecule has 7 nitrogen and oxygen atoms in total. The summed E-state index contributed by atoms with van der Waals surface area (Å²) >= 11 is 5.20. The second-order valence-electron chi connectivity index (χ2n) is 5.51. The predicted octanol–water partition coefficient (Wildman–Crippen LogP) is 2.73. The molecule has 0 atom stereocenters. The molecule has 0 saturated heterocycles. The number of rotatable bonds is 5. The largest absolute Gasteiger partial charge is 0.494 e. The number of primary amides is 1. The number of carbonyl (C=O) groups excluding carboxylic acids is 1. The lowest BCUT2D eigenvalue weighted by Crippen LogP contribution is -2.29. The van der Waals surface area contributed by atoms with Crippen LogP contribution in [-0.2, 0) is 0 Å². The second-order valence-corrected chi connectivity index (χ2v) is 5.91. The molecule has 3 rings (SSSR count). The van der Waals surface area contributed by atoms with Gasteiger partial charge in [0.15, 0.2) is 5.11 Å². The Morgan fingerprint density at radius 1 is 1.22 bits per heavy atom. The molecule has 0 aliphatic heterocycles. The van der Waals surface area contributed by atoms with Crippen LogP contribution in [0.5, 0.6) is 5.75 Å². The Bertz CT molecular complexity index is 1050. The molecular weight excluding hydrogens is 364 g/mol. The Labute approximate surface area is 160 Å². The molecule has 1 heterocycles. The van der Waals surface area contributed by atoms with E-state index in [1.54, 1.807) is 24.3 Å². The van der Waals surface area contributed by atoms with E-state index >= 15 is 0 Å². The minimum absolute atomic E-state index is 0.0286. The Hall–Kier alpha value is -3.39. The van der Waals surface area contributed by atoms with Crippen molar-refractivity contribution in [3.63, 3.8) is 0 Å². The molecule has 27 heavy (non-hydrogen) atoms. The van der Waals surface area contributed by atoms with E-state index in [0.29, 0.717) is 23.3 Å². The van der Waals surface area contributed by atoms with Gasteiger partial charge in [-0.2, -0.15) is 0 Å². The summed E-state index contributed by atoms with van der Waals surface area (Å²) in [5, 5.41) is 8.01. The lowest BCUT2D eigenvalue weighted by Gasteiger charge is -2.07. The number of ether oxygens (including phenoxy) is 1. The number of para-hydroxylation sites is 1. The second kappa shape index (κ2) is 8.33. The van der Waals surface area contributed by atoms with Crippen molar-refractivity contribution in [2.75, 3.05) is 11.9 Å². The minimum atomic E-state index is -0.656. The Kier molecular flexibility index (Phi) is 5.68. The lowest BCUT2D eigenvalue weighted by molar-refractivity contribution is 0.0996. The molecule has 0 bridgehead atoms. The van der Waals surface area contributed by atoms with Crippen LogP contribution in [-0.4, -0.2) is 17.6 Å². The van der Waals surface area contributed by atoms with Crippen LogP contribution in [0.1, 0.15) is 17.3 Å². The van der Waals surface area contributed by atoms with Crippen LogP contribution >= 0.6 is 12.2 Å². The number of thiocarbonyl (C=S) groups is 1. The fourth-order valence-corrected chi connectivity index (χ4v) is 2.56. The summed E-state index contributed by atoms with van der Waals surface area (Å²) in [5.41, 5.74) is 9.59. The number of anilines is 1. The van der Waals surface area contributed by atoms with Gasteiger partial charge in [0.05, 0.1) is 6.61 Å². The van der Waals surface area contributed by atoms with Crippen molar-refractivity contribution in [2.45, 2.75) is 6.92 Å². The molecular formula is C19H18N4O3S. The van der Waals surface area contributed by atoms with Gasteiger partial charge in [-0.25, -0.2) is 5.43 Å². The summed E-state index contributed by atoms with van der Waals surface area (Å²) in [4.78, 5) is 11.8. The molecule has 8 heteroatoms. The number of benzene rings is 2. The lowest BCUT2D eigenvalue weighted by atomic mass is 10.1. The highest BCUT2D eigenvalue weighted by atomic mass is 32.1. The topological polar surface area (TPSA) is 102 Å². The summed E-state index contributed by atoms with van der Waals surface area (Å²) in [5.74, 6) is -0.00206. The van der Waals surface area contributed by atoms with Gasteiger partial charge in [0, 0.05) is 17.1 Å². The van der Waals surface area contributed by atoms with E-state index in [2.05, 4.69) is 15.8 Å². The highest BCUT2D eigenvalue weighted by Gasteiger charge is 2.10. The highest BCUT2D eigenvalue weighted by molar-refractivity contribution is 7.80. The van der Waals surface area contributed by atoms with Gasteiger partial charge in [0.2, 0.25) is 5.55 Å². The van der Waals surface area contributed by atoms with Gasteiger partial charge in [-0.1, -0.05) is 18.2 Å². The first-order valence-corrected chi connectivity index (χ1v) is 8.64. The van der Waals surface area contributed by atoms with Crippen molar-refractivity contribution >= 4 is 39.9 Å². The molecule has 0 unspecified atom stereocenters. The zero-order valence-corrected chi connectivity index (χ0v) is 15.4. The Balaban J connectivity index is 1.92. The van der Waals surface area contributed by atoms with Crippen molar-refractivity contribution in [2.24, 2.45) is 10.8 Å². The molecule has 0 aliphatic carbocycles. The Morgan fingerprint density at radius 2 is 2.00 bits per heavy atom. The van der Waals surface area contributed by atoms with Gasteiger partial charge in [-0.3, -0.25) is 4.79 Å². The number of nitrogens with zero attached hydrogens (tertiary/aromatic N) is 1. The maximum atomic E-state index is 11.8. The van der Waals surface area contributed by atoms with Crippen molar-refractivity contribution in [1.82, 2.24) is 5.43 Å². The summed E-state index contributed by atoms with van der Waals surface area (Å²) < 4.78 is 11.2. The number of carbonyl (C=O) groups is 1. The average molecular weight is 382 g/mol. The Morgan fingerprint density at radius 3 is 2.70 bits per heavy atom. The van der Waals surface area contributed by atoms with Gasteiger partial charge >= 0.3 is 0 Å². The summed E-state index contributed by atoms with van der Waals surface area (Å²) in [6.45, 7) is 2.42. The monoisotopic (exact) mass is 382 g/mol. The third-order valence-corrected chi connectivity index (χ3v) is 3.78. The average Bonchev–Trinajstić information content (AvgIpc) is 2.66. The van der Waals surface area contributed by atoms with Crippen molar-refractivity contribution in [3.05, 3.63) is 65.7 Å². The predicted molar refractivity (Wildman–Crippen MR) is 107 cm³/mol. The molecule has 0 radical (unpaired) electrons. The normalized spacial score (nSPS) is 11.2. The van der Waals surface area contributed by atoms with E-state index in [1.165, 1.54) is 0 Å². The van der Waals surface area contributed by atoms with Crippen LogP contribution < -0.4 is 26.8 Å². The zero-order chi connectivity index (χ0) is 19.2. The first-order chi connectivity index (χ1) is 13.1. The number of nitrogens with two attached hydrogens (primary N) is 1. The number of fused-ring (bicyclic) bond motifs is 1. The van der Waals surface area contributed by atoms with Crippen LogP contribution in [0.4, 0.5) is 5.69 Å². The molecule has 2 aromatic carbocycles. The minimum Gasteiger partial charge on any atom is -0.494 e. The van der Waals surface area contributed by atoms with E-state index in [9.17, 15) is 4.79 Å². The molecule has 0 aliphatic rings. The number of hydrogen-bond acceptors (Lipinski definition) is 5. The first kappa shape index (κ1) is 18.4. The zero-order valence-electron chi connectivity index (χ0n) is 14.6. The van der Waals surface area contributed by atoms with Crippen LogP contribution in [0.3, 0.4) is 0 Å². The summed E-state index contributed by atoms with van der Waals surface area (Å²) in [6.07, 6.45) is 0. The van der Waals surface area contributed by atoms with Gasteiger partial charge in [-0.15, -0.1) is 5.10 Å². The highest BCUT2D eigenvalue weighted by Crippen LogP contribution is 2.20. The van der Waals surface area contributed by atoms with Crippen LogP contribution in [0.25, 0.3) is 11.0 Å². The molecule has 4 N–H and O–H groups in total. The standard InChI is InChI=1S/C19H18N4O3S/c1-2-25-14-9-8-12-10-15(17(20)24)18(26-16(12)11-14)22-23-19(27)21-13-6-4-3-5-7-13/h3-11H,2H2,1H3,(H2,20,24)(H2,21,23,27)/b22-18+. The third-order valence-electron chi connectivity index (χ3n) is 3.59. The van der Waals surface area contributed by atoms with Crippen LogP contribution in [0, 0.1) is 0 Å². The van der Waals surface area contributed by atoms with Gasteiger partial charge in [-0.05, 0) is 49.5 Å². The van der Waals surface area contributed by atoms with Gasteiger partial charge in [0.25, 0.3) is 5.91 Å². The van der Waals surface area contributed by atoms with Crippen LogP contribution in [0.2, 0.25) is 0 Å². The van der Waals surface area contributed by atoms with E-state index in [0.717, 1.165) is 5.69 Å². The smallest absolute Gasteiger partial charge is 0.254 e. The third kappa shape index (κ3) is 4.62. The number of nitrogens with one attached hydrogen (secondary N) is 2. The van der Waals surface area contributed by atoms with Crippen molar-refractivity contribution < 1.29 is 13.9 Å². The van der Waals surface area contributed by atoms with E-state index in [4.69, 9.17) is 27.1 Å². The molecule has 1 aromatic heterocycles. The number of amides is 1. The summed E-state index contributed by atoms with van der Waals surface area (Å²) in [7, 11) is 0. The fourth-order valence-electron chi connectivity index (χ4n) is 2.40. The maximum absolute atomic E-state index is 11.8. The molecule has 0 spiro atoms. The van der Waals surface area contributed by atoms with E-state index in [-0.39, 0.29) is 16.2 Å². The molecule has 1 amide bonds. The summed E-state index contributed by atoms with van der Waals surface area (Å²) in [6, 6.07) is 16.3. The van der Waals surface area contributed by atoms with Crippen molar-refractivity contribution in [1.29, 1.82) is 0 Å². The molecule has 0 fully saturated rings. The first-order valence-electron chi connectivity index (χ1n) is 8.23. The fraction of sp³-hybridized carbons (Fsp3) is 0.105. The molecule has 3 aromatic rings. The maximum Gasteiger partial charge on any atom is 0.254 e. The van der Waals surface area contributed by atoms with E-state index in [1.807, 2.05) is 37.3 Å². The quantitative estimate of drug-likeness (QED) is 0.463. The molecule has 138 valence electrons. The van der Waals surface area contributed by atoms with Crippen molar-refractivity contribution in [3.8, 4) is 5.75 Å². The van der Waals surface area contributed by atoms with E-state index < -0.39 is 5.91 Å². The molecule has 0 saturated carbocycles. The van der Waals surface area contributed by atoms with Gasteiger partial charge < -0.3 is 20.2 Å².